The van der Waals surface area contributed by atoms with Crippen molar-refractivity contribution in [2.45, 2.75) is 4.90 Å². The van der Waals surface area contributed by atoms with E-state index in [1.54, 1.807) is 6.07 Å². The highest BCUT2D eigenvalue weighted by atomic mass is 32.2. The molecule has 0 radical (unpaired) electrons. The second-order valence-electron chi connectivity index (χ2n) is 4.90. The van der Waals surface area contributed by atoms with Crippen molar-refractivity contribution < 1.29 is 37.9 Å². The number of hydrogen-bond donors (Lipinski definition) is 4. The van der Waals surface area contributed by atoms with E-state index in [9.17, 15) is 13.0 Å². The third-order valence-corrected chi connectivity index (χ3v) is 4.18. The zero-order valence-corrected chi connectivity index (χ0v) is 13.7. The molecule has 0 saturated heterocycles. The van der Waals surface area contributed by atoms with Crippen molar-refractivity contribution in [1.82, 2.24) is 0 Å². The molecule has 0 aliphatic carbocycles. The van der Waals surface area contributed by atoms with Gasteiger partial charge in [0.2, 0.25) is 0 Å². The molecule has 1 rings (SSSR count). The van der Waals surface area contributed by atoms with Crippen LogP contribution in [0.25, 0.3) is 0 Å². The number of rotatable bonds is 9. The van der Waals surface area contributed by atoms with Crippen molar-refractivity contribution >= 4 is 10.1 Å². The van der Waals surface area contributed by atoms with E-state index in [-0.39, 0.29) is 31.3 Å². The van der Waals surface area contributed by atoms with Crippen molar-refractivity contribution in [3.8, 4) is 0 Å². The predicted octanol–water partition coefficient (Wildman–Crippen LogP) is -1.64. The maximum Gasteiger partial charge on any atom is 0.124 e. The lowest BCUT2D eigenvalue weighted by molar-refractivity contribution is -0.929. The number of aliphatic hydroxyl groups is 4. The third kappa shape index (κ3) is 8.96. The summed E-state index contributed by atoms with van der Waals surface area (Å²) in [6.45, 7) is 1.84. The maximum absolute atomic E-state index is 10.3. The van der Waals surface area contributed by atoms with Gasteiger partial charge in [0.05, 0.1) is 31.3 Å². The van der Waals surface area contributed by atoms with Crippen molar-refractivity contribution in [3.05, 3.63) is 30.3 Å². The molecule has 0 spiro atoms. The van der Waals surface area contributed by atoms with Gasteiger partial charge in [-0.3, -0.25) is 0 Å². The van der Waals surface area contributed by atoms with Gasteiger partial charge in [-0.25, -0.2) is 8.42 Å². The Hall–Kier alpha value is -1.07. The highest BCUT2D eigenvalue weighted by Gasteiger charge is 2.24. The molecule has 0 aromatic heterocycles. The molecule has 23 heavy (non-hydrogen) atoms. The first-order valence-electron chi connectivity index (χ1n) is 7.14. The first kappa shape index (κ1) is 21.9. The van der Waals surface area contributed by atoms with Crippen LogP contribution >= 0.6 is 0 Å². The molecule has 9 heteroatoms. The van der Waals surface area contributed by atoms with Gasteiger partial charge in [0.15, 0.2) is 0 Å². The molecule has 0 bridgehead atoms. The Morgan fingerprint density at radius 3 is 1.35 bits per heavy atom. The Morgan fingerprint density at radius 1 is 0.783 bits per heavy atom. The smallest absolute Gasteiger partial charge is 0.124 e. The second kappa shape index (κ2) is 11.5. The summed E-state index contributed by atoms with van der Waals surface area (Å²) in [5, 5.41) is 35.3. The Kier molecular flexibility index (Phi) is 10.9. The minimum atomic E-state index is -4.25. The summed E-state index contributed by atoms with van der Waals surface area (Å²) in [4.78, 5) is -0.185. The van der Waals surface area contributed by atoms with E-state index in [1.807, 2.05) is 0 Å². The molecule has 1 aromatic rings. The van der Waals surface area contributed by atoms with Gasteiger partial charge in [0.25, 0.3) is 0 Å². The van der Waals surface area contributed by atoms with Crippen LogP contribution in [0, 0.1) is 0 Å². The van der Waals surface area contributed by atoms with Gasteiger partial charge in [-0.15, -0.1) is 0 Å². The Labute approximate surface area is 136 Å². The minimum absolute atomic E-state index is 0. The topological polar surface area (TPSA) is 138 Å². The molecular formula is C14H25NO7S. The fraction of sp³-hybridized carbons (Fsp3) is 0.571. The molecule has 0 fully saturated rings. The van der Waals surface area contributed by atoms with Crippen LogP contribution in [0.1, 0.15) is 0 Å². The number of nitrogens with zero attached hydrogens (tertiary/aromatic N) is 1. The molecule has 1 aromatic carbocycles. The Bertz CT molecular complexity index is 478. The van der Waals surface area contributed by atoms with Gasteiger partial charge < -0.3 is 29.5 Å². The van der Waals surface area contributed by atoms with Crippen LogP contribution in [0.4, 0.5) is 0 Å². The monoisotopic (exact) mass is 351 g/mol. The molecule has 0 saturated carbocycles. The lowest BCUT2D eigenvalue weighted by Crippen LogP contribution is -2.54. The van der Waals surface area contributed by atoms with Crippen LogP contribution in [0.3, 0.4) is 0 Å². The van der Waals surface area contributed by atoms with Gasteiger partial charge in [-0.2, -0.15) is 0 Å². The molecule has 0 atom stereocenters. The SMILES string of the molecule is O=S(=O)([O-])c1ccccc1.OCC[N+](CCO)(CCO)CCO. The molecule has 0 amide bonds. The Balaban J connectivity index is 0.000000433. The van der Waals surface area contributed by atoms with E-state index < -0.39 is 10.1 Å². The maximum atomic E-state index is 10.3. The van der Waals surface area contributed by atoms with Crippen LogP contribution in [-0.2, 0) is 10.1 Å². The van der Waals surface area contributed by atoms with Crippen LogP contribution in [-0.4, -0.2) is 90.5 Å². The first-order valence-corrected chi connectivity index (χ1v) is 8.55. The van der Waals surface area contributed by atoms with Gasteiger partial charge >= 0.3 is 0 Å². The zero-order valence-electron chi connectivity index (χ0n) is 12.9. The fourth-order valence-corrected chi connectivity index (χ4v) is 2.60. The first-order chi connectivity index (χ1) is 10.8. The summed E-state index contributed by atoms with van der Waals surface area (Å²) < 4.78 is 31.2. The van der Waals surface area contributed by atoms with Crippen LogP contribution in [0.15, 0.2) is 35.2 Å². The van der Waals surface area contributed by atoms with Crippen molar-refractivity contribution in [2.24, 2.45) is 0 Å². The third-order valence-electron chi connectivity index (χ3n) is 3.33. The van der Waals surface area contributed by atoms with E-state index in [0.717, 1.165) is 0 Å². The molecule has 4 N–H and O–H groups in total. The summed E-state index contributed by atoms with van der Waals surface area (Å²) in [6.07, 6.45) is 0. The van der Waals surface area contributed by atoms with Crippen LogP contribution in [0.5, 0.6) is 0 Å². The lowest BCUT2D eigenvalue weighted by Gasteiger charge is -2.36. The summed E-state index contributed by atoms with van der Waals surface area (Å²) >= 11 is 0. The summed E-state index contributed by atoms with van der Waals surface area (Å²) in [5.41, 5.74) is 0. The number of quaternary nitrogens is 1. The van der Waals surface area contributed by atoms with Crippen molar-refractivity contribution in [3.63, 3.8) is 0 Å². The molecule has 134 valence electrons. The number of benzene rings is 1. The Morgan fingerprint density at radius 2 is 1.13 bits per heavy atom. The number of hydrogen-bond acceptors (Lipinski definition) is 7. The predicted molar refractivity (Wildman–Crippen MR) is 82.5 cm³/mol. The lowest BCUT2D eigenvalue weighted by atomic mass is 10.3. The molecule has 8 nitrogen and oxygen atoms in total. The second-order valence-corrected chi connectivity index (χ2v) is 6.28. The van der Waals surface area contributed by atoms with Crippen molar-refractivity contribution in [2.75, 3.05) is 52.6 Å². The molecular weight excluding hydrogens is 326 g/mol. The number of aliphatic hydroxyl groups excluding tert-OH is 4. The van der Waals surface area contributed by atoms with Gasteiger partial charge in [0.1, 0.15) is 36.3 Å². The molecule has 0 aliphatic rings. The van der Waals surface area contributed by atoms with E-state index in [2.05, 4.69) is 0 Å². The van der Waals surface area contributed by atoms with E-state index in [0.29, 0.717) is 30.7 Å². The van der Waals surface area contributed by atoms with Crippen molar-refractivity contribution in [1.29, 1.82) is 0 Å². The van der Waals surface area contributed by atoms with Crippen LogP contribution < -0.4 is 0 Å². The van der Waals surface area contributed by atoms with Gasteiger partial charge in [-0.1, -0.05) is 18.2 Å². The van der Waals surface area contributed by atoms with Crippen LogP contribution in [0.2, 0.25) is 0 Å². The molecule has 0 aliphatic heterocycles. The fourth-order valence-electron chi connectivity index (χ4n) is 2.11. The highest BCUT2D eigenvalue weighted by molar-refractivity contribution is 7.85. The summed E-state index contributed by atoms with van der Waals surface area (Å²) in [7, 11) is -4.25. The van der Waals surface area contributed by atoms with E-state index >= 15 is 0 Å². The average Bonchev–Trinajstić information content (AvgIpc) is 2.49. The van der Waals surface area contributed by atoms with Gasteiger partial charge in [0, 0.05) is 0 Å². The normalized spacial score (nSPS) is 11.7. The highest BCUT2D eigenvalue weighted by Crippen LogP contribution is 2.05. The summed E-state index contributed by atoms with van der Waals surface area (Å²) in [5.74, 6) is 0. The van der Waals surface area contributed by atoms with E-state index in [4.69, 9.17) is 20.4 Å². The quantitative estimate of drug-likeness (QED) is 0.309. The van der Waals surface area contributed by atoms with E-state index in [1.165, 1.54) is 24.3 Å². The largest absolute Gasteiger partial charge is 0.744 e. The van der Waals surface area contributed by atoms with Gasteiger partial charge in [-0.05, 0) is 12.1 Å². The standard InChI is InChI=1S/C8H20NO4.C6H6O3S/c10-5-1-9(2-6-11,3-7-12)4-8-13;7-10(8,9)6-4-2-1-3-5-6/h10-13H,1-8H2;1-5H,(H,7,8,9)/q+1;/p-1. The average molecular weight is 351 g/mol. The minimum Gasteiger partial charge on any atom is -0.744 e. The molecule has 0 unspecified atom stereocenters. The zero-order chi connectivity index (χ0) is 17.8. The molecule has 0 heterocycles. The summed E-state index contributed by atoms with van der Waals surface area (Å²) in [6, 6.07) is 7.19.